The third-order valence-corrected chi connectivity index (χ3v) is 5.23. The topological polar surface area (TPSA) is 95.1 Å². The lowest BCUT2D eigenvalue weighted by Gasteiger charge is -2.29. The molecule has 1 N–H and O–H groups in total. The number of carbonyl (C=O) groups excluding carboxylic acids is 1. The van der Waals surface area contributed by atoms with Crippen molar-refractivity contribution in [3.05, 3.63) is 27.7 Å². The zero-order valence-corrected chi connectivity index (χ0v) is 17.0. The Hall–Kier alpha value is -2.51. The van der Waals surface area contributed by atoms with Gasteiger partial charge in [-0.1, -0.05) is 19.8 Å². The second-order valence-corrected chi connectivity index (χ2v) is 7.35. The maximum Gasteiger partial charge on any atom is 0.262 e. The molecule has 0 aromatic heterocycles. The van der Waals surface area contributed by atoms with Crippen molar-refractivity contribution in [3.8, 4) is 23.6 Å². The van der Waals surface area contributed by atoms with Crippen LogP contribution in [0.2, 0.25) is 0 Å². The molecule has 1 aliphatic carbocycles. The number of nitriles is 2. The van der Waals surface area contributed by atoms with Gasteiger partial charge in [0.15, 0.2) is 18.1 Å². The fourth-order valence-electron chi connectivity index (χ4n) is 3.16. The van der Waals surface area contributed by atoms with Crippen LogP contribution in [0, 0.1) is 28.6 Å². The van der Waals surface area contributed by atoms with Crippen LogP contribution < -0.4 is 14.8 Å². The van der Waals surface area contributed by atoms with Crippen molar-refractivity contribution in [2.45, 2.75) is 38.6 Å². The number of halogens is 1. The average Bonchev–Trinajstić information content (AvgIpc) is 2.66. The summed E-state index contributed by atoms with van der Waals surface area (Å²) in [6.07, 6.45) is 5.82. The van der Waals surface area contributed by atoms with Gasteiger partial charge in [0.2, 0.25) is 0 Å². The van der Waals surface area contributed by atoms with Gasteiger partial charge in [-0.3, -0.25) is 4.79 Å². The number of carbonyl (C=O) groups is 1. The summed E-state index contributed by atoms with van der Waals surface area (Å²) in [5, 5.41) is 21.1. The summed E-state index contributed by atoms with van der Waals surface area (Å²) in [4.78, 5) is 12.5. The molecule has 142 valence electrons. The number of hydrogen-bond donors (Lipinski definition) is 1. The molecule has 6 nitrogen and oxygen atoms in total. The monoisotopic (exact) mass is 431 g/mol. The first-order chi connectivity index (χ1) is 13.0. The van der Waals surface area contributed by atoms with Crippen LogP contribution in [0.5, 0.6) is 11.5 Å². The number of rotatable bonds is 6. The molecule has 2 atom stereocenters. The van der Waals surface area contributed by atoms with E-state index in [2.05, 4.69) is 28.2 Å². The summed E-state index contributed by atoms with van der Waals surface area (Å²) in [5.41, 5.74) is 0.652. The summed E-state index contributed by atoms with van der Waals surface area (Å²) in [6.45, 7) is 2.01. The van der Waals surface area contributed by atoms with E-state index >= 15 is 0 Å². The van der Waals surface area contributed by atoms with E-state index < -0.39 is 0 Å². The highest BCUT2D eigenvalue weighted by molar-refractivity contribution is 9.10. The van der Waals surface area contributed by atoms with Crippen LogP contribution >= 0.6 is 15.9 Å². The second kappa shape index (κ2) is 9.99. The maximum absolute atomic E-state index is 12.5. The molecule has 1 aromatic rings. The molecule has 0 aliphatic heterocycles. The van der Waals surface area contributed by atoms with Crippen LogP contribution in [0.15, 0.2) is 22.2 Å². The number of benzene rings is 1. The van der Waals surface area contributed by atoms with Crippen LogP contribution in [-0.4, -0.2) is 25.7 Å². The molecule has 0 unspecified atom stereocenters. The predicted octanol–water partition coefficient (Wildman–Crippen LogP) is 3.96. The summed E-state index contributed by atoms with van der Waals surface area (Å²) in [7, 11) is 1.48. The highest BCUT2D eigenvalue weighted by Gasteiger charge is 2.24. The molecule has 0 bridgehead atoms. The Labute approximate surface area is 167 Å². The Bertz CT molecular complexity index is 808. The molecule has 0 radical (unpaired) electrons. The number of hydrogen-bond acceptors (Lipinski definition) is 5. The molecule has 0 saturated heterocycles. The van der Waals surface area contributed by atoms with E-state index in [9.17, 15) is 10.1 Å². The second-order valence-electron chi connectivity index (χ2n) is 6.49. The van der Waals surface area contributed by atoms with Crippen molar-refractivity contribution in [2.75, 3.05) is 13.7 Å². The third-order valence-electron chi connectivity index (χ3n) is 4.64. The lowest BCUT2D eigenvalue weighted by Crippen LogP contribution is -2.41. The maximum atomic E-state index is 12.5. The molecule has 0 spiro atoms. The van der Waals surface area contributed by atoms with Crippen LogP contribution in [0.1, 0.15) is 38.2 Å². The Morgan fingerprint density at radius 1 is 1.37 bits per heavy atom. The molecule has 1 aliphatic rings. The van der Waals surface area contributed by atoms with E-state index in [0.717, 1.165) is 19.3 Å². The fourth-order valence-corrected chi connectivity index (χ4v) is 3.73. The summed E-state index contributed by atoms with van der Waals surface area (Å²) in [6, 6.07) is 7.35. The van der Waals surface area contributed by atoms with Crippen molar-refractivity contribution in [2.24, 2.45) is 5.92 Å². The normalized spacial score (nSPS) is 19.5. The van der Waals surface area contributed by atoms with Crippen LogP contribution in [0.4, 0.5) is 0 Å². The number of nitrogens with one attached hydrogen (secondary N) is 1. The first-order valence-corrected chi connectivity index (χ1v) is 9.59. The molecule has 1 saturated carbocycles. The minimum atomic E-state index is -0.365. The minimum absolute atomic E-state index is 0.0346. The van der Waals surface area contributed by atoms with E-state index in [-0.39, 0.29) is 24.1 Å². The standard InChI is InChI=1S/C20H22BrN3O3/c1-13-5-3-4-6-17(13)24-20(25)15(12-23)9-14-10-16(21)19(27-8-7-22)18(11-14)26-2/h9-11,13,17H,3-6,8H2,1-2H3,(H,24,25)/b15-9+/t13-,17+/m0/s1. The zero-order valence-electron chi connectivity index (χ0n) is 15.4. The number of amides is 1. The summed E-state index contributed by atoms with van der Waals surface area (Å²) in [5.74, 6) is 0.851. The Kier molecular flexibility index (Phi) is 7.69. The first-order valence-electron chi connectivity index (χ1n) is 8.80. The van der Waals surface area contributed by atoms with Crippen molar-refractivity contribution < 1.29 is 14.3 Å². The van der Waals surface area contributed by atoms with Gasteiger partial charge in [0.05, 0.1) is 11.6 Å². The molecule has 0 heterocycles. The van der Waals surface area contributed by atoms with E-state index in [1.165, 1.54) is 19.6 Å². The van der Waals surface area contributed by atoms with Crippen LogP contribution in [-0.2, 0) is 4.79 Å². The minimum Gasteiger partial charge on any atom is -0.493 e. The SMILES string of the molecule is COc1cc(/C=C(\C#N)C(=O)N[C@@H]2CCCC[C@@H]2C)cc(Br)c1OCC#N. The lowest BCUT2D eigenvalue weighted by atomic mass is 9.86. The van der Waals surface area contributed by atoms with Crippen molar-refractivity contribution in [1.29, 1.82) is 10.5 Å². The predicted molar refractivity (Wildman–Crippen MR) is 105 cm³/mol. The molecule has 1 amide bonds. The van der Waals surface area contributed by atoms with Gasteiger partial charge in [0, 0.05) is 6.04 Å². The smallest absolute Gasteiger partial charge is 0.262 e. The van der Waals surface area contributed by atoms with Gasteiger partial charge in [-0.15, -0.1) is 0 Å². The van der Waals surface area contributed by atoms with Crippen LogP contribution in [0.25, 0.3) is 6.08 Å². The van der Waals surface area contributed by atoms with Crippen molar-refractivity contribution >= 4 is 27.9 Å². The molecule has 1 fully saturated rings. The van der Waals surface area contributed by atoms with Gasteiger partial charge in [0.1, 0.15) is 17.7 Å². The van der Waals surface area contributed by atoms with E-state index in [1.807, 2.05) is 12.1 Å². The highest BCUT2D eigenvalue weighted by Crippen LogP contribution is 2.37. The Morgan fingerprint density at radius 3 is 2.74 bits per heavy atom. The molecular weight excluding hydrogens is 410 g/mol. The van der Waals surface area contributed by atoms with Gasteiger partial charge in [-0.05, 0) is 58.5 Å². The van der Waals surface area contributed by atoms with E-state index in [4.69, 9.17) is 14.7 Å². The molecule has 1 aromatic carbocycles. The molecule has 7 heteroatoms. The zero-order chi connectivity index (χ0) is 19.8. The van der Waals surface area contributed by atoms with Gasteiger partial charge >= 0.3 is 0 Å². The molecule has 27 heavy (non-hydrogen) atoms. The molecule has 2 rings (SSSR count). The van der Waals surface area contributed by atoms with Gasteiger partial charge in [-0.2, -0.15) is 10.5 Å². The summed E-state index contributed by atoms with van der Waals surface area (Å²) < 4.78 is 11.2. The first kappa shape index (κ1) is 20.8. The van der Waals surface area contributed by atoms with Gasteiger partial charge < -0.3 is 14.8 Å². The lowest BCUT2D eigenvalue weighted by molar-refractivity contribution is -0.118. The van der Waals surface area contributed by atoms with Crippen molar-refractivity contribution in [1.82, 2.24) is 5.32 Å². The summed E-state index contributed by atoms with van der Waals surface area (Å²) >= 11 is 3.38. The Morgan fingerprint density at radius 2 is 2.11 bits per heavy atom. The van der Waals surface area contributed by atoms with Crippen molar-refractivity contribution in [3.63, 3.8) is 0 Å². The van der Waals surface area contributed by atoms with E-state index in [1.54, 1.807) is 12.1 Å². The molecular formula is C20H22BrN3O3. The average molecular weight is 432 g/mol. The third kappa shape index (κ3) is 5.48. The number of ether oxygens (including phenoxy) is 2. The number of nitrogens with zero attached hydrogens (tertiary/aromatic N) is 2. The quantitative estimate of drug-likeness (QED) is 0.542. The fraction of sp³-hybridized carbons (Fsp3) is 0.450. The highest BCUT2D eigenvalue weighted by atomic mass is 79.9. The van der Waals surface area contributed by atoms with Crippen LogP contribution in [0.3, 0.4) is 0 Å². The van der Waals surface area contributed by atoms with E-state index in [0.29, 0.717) is 27.5 Å². The largest absolute Gasteiger partial charge is 0.493 e. The Balaban J connectivity index is 2.23. The van der Waals surface area contributed by atoms with Gasteiger partial charge in [0.25, 0.3) is 5.91 Å². The number of methoxy groups -OCH3 is 1. The van der Waals surface area contributed by atoms with Gasteiger partial charge in [-0.25, -0.2) is 0 Å².